The van der Waals surface area contributed by atoms with Crippen LogP contribution in [0.15, 0.2) is 23.7 Å². The summed E-state index contributed by atoms with van der Waals surface area (Å²) in [5.41, 5.74) is -3.75. The van der Waals surface area contributed by atoms with E-state index in [9.17, 15) is 35.1 Å². The van der Waals surface area contributed by atoms with Crippen molar-refractivity contribution in [1.82, 2.24) is 0 Å². The summed E-state index contributed by atoms with van der Waals surface area (Å²) >= 11 is 0. The molecule has 1 amide bonds. The Morgan fingerprint density at radius 1 is 1.07 bits per heavy atom. The number of likely N-dealkylation sites (N-methyl/N-ethyl adjacent to an activating group) is 1. The largest absolute Gasteiger partial charge is 0.498 e. The molecule has 0 spiro atoms. The fraction of sp³-hybridized carbons (Fsp3) is 0.438. The minimum Gasteiger partial charge on any atom is -0.498 e. The van der Waals surface area contributed by atoms with E-state index in [1.54, 1.807) is 0 Å². The van der Waals surface area contributed by atoms with Crippen LogP contribution in [0, 0.1) is 30.3 Å². The number of carbonyl (C=O) groups excluding carboxylic acids is 1. The van der Waals surface area contributed by atoms with E-state index in [2.05, 4.69) is 0 Å². The molecule has 3 rings (SSSR count). The highest BCUT2D eigenvalue weighted by Crippen LogP contribution is 2.55. The number of methoxy groups -OCH3 is 2. The summed E-state index contributed by atoms with van der Waals surface area (Å²) in [6.45, 7) is 0. The minimum absolute atomic E-state index is 0.0330. The molecule has 154 valence electrons. The van der Waals surface area contributed by atoms with E-state index in [-0.39, 0.29) is 29.2 Å². The topological polar surface area (TPSA) is 168 Å². The van der Waals surface area contributed by atoms with Crippen LogP contribution in [0.25, 0.3) is 0 Å². The summed E-state index contributed by atoms with van der Waals surface area (Å²) in [6, 6.07) is 1.78. The van der Waals surface area contributed by atoms with Gasteiger partial charge < -0.3 is 14.4 Å². The molecule has 2 atom stereocenters. The average Bonchev–Trinajstić information content (AvgIpc) is 2.69. The first-order valence-electron chi connectivity index (χ1n) is 8.29. The van der Waals surface area contributed by atoms with Crippen molar-refractivity contribution in [3.8, 4) is 0 Å². The number of amides is 1. The number of rotatable bonds is 5. The predicted octanol–water partition coefficient (Wildman–Crippen LogP) is 1.88. The van der Waals surface area contributed by atoms with Crippen LogP contribution >= 0.6 is 0 Å². The van der Waals surface area contributed by atoms with E-state index in [0.29, 0.717) is 0 Å². The van der Waals surface area contributed by atoms with Gasteiger partial charge in [-0.3, -0.25) is 35.1 Å². The molecule has 1 aromatic carbocycles. The van der Waals surface area contributed by atoms with Gasteiger partial charge in [-0.05, 0) is 0 Å². The molecule has 1 aliphatic heterocycles. The molecular formula is C16H16N4O9. The maximum Gasteiger partial charge on any atom is 0.313 e. The Labute approximate surface area is 162 Å². The number of carbonyl (C=O) groups is 1. The standard InChI is InChI=1S/C16H16N4O9/c1-17-14-9(4-8(18(22)23)5-11(14)19(24)25)10-6-12(28-2)13(29-3)7-16(10,15(17)21)20(26)27/h4-5,10H,6-7H2,1-3H3/t10-,16+/m0/s1. The maximum atomic E-state index is 13.1. The monoisotopic (exact) mass is 408 g/mol. The first kappa shape index (κ1) is 20.0. The van der Waals surface area contributed by atoms with Crippen LogP contribution in [0.5, 0.6) is 0 Å². The zero-order chi connectivity index (χ0) is 21.7. The average molecular weight is 408 g/mol. The van der Waals surface area contributed by atoms with E-state index < -0.39 is 49.9 Å². The van der Waals surface area contributed by atoms with Crippen molar-refractivity contribution in [3.63, 3.8) is 0 Å². The number of hydrogen-bond donors (Lipinski definition) is 0. The zero-order valence-electron chi connectivity index (χ0n) is 15.6. The highest BCUT2D eigenvalue weighted by molar-refractivity contribution is 6.05. The lowest BCUT2D eigenvalue weighted by Gasteiger charge is -2.42. The van der Waals surface area contributed by atoms with E-state index in [4.69, 9.17) is 9.47 Å². The lowest BCUT2D eigenvalue weighted by atomic mass is 9.67. The van der Waals surface area contributed by atoms with Gasteiger partial charge in [-0.25, -0.2) is 0 Å². The van der Waals surface area contributed by atoms with Crippen LogP contribution in [0.4, 0.5) is 17.1 Å². The van der Waals surface area contributed by atoms with Gasteiger partial charge in [0.1, 0.15) is 17.2 Å². The van der Waals surface area contributed by atoms with Gasteiger partial charge in [-0.1, -0.05) is 0 Å². The number of non-ortho nitro benzene ring substituents is 1. The summed E-state index contributed by atoms with van der Waals surface area (Å²) in [4.78, 5) is 46.5. The summed E-state index contributed by atoms with van der Waals surface area (Å²) in [5, 5.41) is 35.0. The maximum absolute atomic E-state index is 13.1. The van der Waals surface area contributed by atoms with Crippen molar-refractivity contribution in [1.29, 1.82) is 0 Å². The summed E-state index contributed by atoms with van der Waals surface area (Å²) in [7, 11) is 3.77. The molecule has 0 radical (unpaired) electrons. The highest BCUT2D eigenvalue weighted by atomic mass is 16.6. The normalized spacial score (nSPS) is 23.2. The molecule has 0 unspecified atom stereocenters. The first-order chi connectivity index (χ1) is 13.6. The van der Waals surface area contributed by atoms with Crippen LogP contribution in [-0.4, -0.2) is 47.5 Å². The van der Waals surface area contributed by atoms with Crippen molar-refractivity contribution in [2.45, 2.75) is 24.3 Å². The number of fused-ring (bicyclic) bond motifs is 3. The number of benzene rings is 1. The summed E-state index contributed by atoms with van der Waals surface area (Å²) < 4.78 is 10.4. The number of anilines is 1. The molecule has 29 heavy (non-hydrogen) atoms. The molecule has 13 nitrogen and oxygen atoms in total. The Morgan fingerprint density at radius 2 is 1.69 bits per heavy atom. The molecule has 0 fully saturated rings. The van der Waals surface area contributed by atoms with Gasteiger partial charge in [0.15, 0.2) is 0 Å². The van der Waals surface area contributed by atoms with Crippen LogP contribution in [0.2, 0.25) is 0 Å². The number of hydrogen-bond acceptors (Lipinski definition) is 9. The van der Waals surface area contributed by atoms with Crippen LogP contribution in [0.3, 0.4) is 0 Å². The molecule has 0 saturated heterocycles. The van der Waals surface area contributed by atoms with Crippen LogP contribution < -0.4 is 4.90 Å². The molecule has 13 heteroatoms. The summed E-state index contributed by atoms with van der Waals surface area (Å²) in [5.74, 6) is -1.86. The predicted molar refractivity (Wildman–Crippen MR) is 95.9 cm³/mol. The van der Waals surface area contributed by atoms with Crippen molar-refractivity contribution in [2.75, 3.05) is 26.2 Å². The minimum atomic E-state index is -2.24. The quantitative estimate of drug-likeness (QED) is 0.521. The Bertz CT molecular complexity index is 989. The molecule has 1 aromatic rings. The molecule has 0 saturated carbocycles. The highest BCUT2D eigenvalue weighted by Gasteiger charge is 2.66. The third-order valence-electron chi connectivity index (χ3n) is 5.42. The molecule has 1 aliphatic carbocycles. The van der Waals surface area contributed by atoms with Gasteiger partial charge in [0.05, 0.1) is 42.5 Å². The van der Waals surface area contributed by atoms with Crippen LogP contribution in [-0.2, 0) is 14.3 Å². The SMILES string of the molecule is COC1=C(OC)C[C@]2([N+](=O)[O-])C(=O)N(C)c3c(cc([N+](=O)[O-])cc3[N+](=O)[O-])[C@@H]2C1. The Hall–Kier alpha value is -3.77. The molecule has 2 aliphatic rings. The Balaban J connectivity index is 2.40. The van der Waals surface area contributed by atoms with Gasteiger partial charge in [0.25, 0.3) is 11.4 Å². The van der Waals surface area contributed by atoms with Gasteiger partial charge >= 0.3 is 11.4 Å². The summed E-state index contributed by atoms with van der Waals surface area (Å²) in [6.07, 6.45) is -0.644. The fourth-order valence-corrected chi connectivity index (χ4v) is 4.07. The number of nitrogens with zero attached hydrogens (tertiary/aromatic N) is 4. The van der Waals surface area contributed by atoms with E-state index in [1.807, 2.05) is 0 Å². The second-order valence-corrected chi connectivity index (χ2v) is 6.65. The lowest BCUT2D eigenvalue weighted by Crippen LogP contribution is -2.61. The lowest BCUT2D eigenvalue weighted by molar-refractivity contribution is -0.559. The van der Waals surface area contributed by atoms with Gasteiger partial charge in [0, 0.05) is 30.0 Å². The van der Waals surface area contributed by atoms with E-state index >= 15 is 0 Å². The van der Waals surface area contributed by atoms with Crippen molar-refractivity contribution in [2.24, 2.45) is 0 Å². The molecule has 0 bridgehead atoms. The second-order valence-electron chi connectivity index (χ2n) is 6.65. The second kappa shape index (κ2) is 6.68. The Morgan fingerprint density at radius 3 is 2.17 bits per heavy atom. The number of nitro benzene ring substituents is 2. The van der Waals surface area contributed by atoms with Gasteiger partial charge in [-0.2, -0.15) is 0 Å². The number of ether oxygens (including phenoxy) is 2. The van der Waals surface area contributed by atoms with Gasteiger partial charge in [0.2, 0.25) is 0 Å². The smallest absolute Gasteiger partial charge is 0.313 e. The zero-order valence-corrected chi connectivity index (χ0v) is 15.6. The molecule has 0 N–H and O–H groups in total. The fourth-order valence-electron chi connectivity index (χ4n) is 4.07. The van der Waals surface area contributed by atoms with Crippen LogP contribution in [0.1, 0.15) is 24.3 Å². The Kier molecular flexibility index (Phi) is 4.60. The number of nitro groups is 3. The van der Waals surface area contributed by atoms with E-state index in [1.165, 1.54) is 21.3 Å². The van der Waals surface area contributed by atoms with Crippen molar-refractivity contribution >= 4 is 23.0 Å². The number of allylic oxidation sites excluding steroid dienone is 1. The van der Waals surface area contributed by atoms with Crippen molar-refractivity contribution < 1.29 is 29.0 Å². The molecule has 1 heterocycles. The van der Waals surface area contributed by atoms with Gasteiger partial charge in [-0.15, -0.1) is 0 Å². The first-order valence-corrected chi connectivity index (χ1v) is 8.29. The third-order valence-corrected chi connectivity index (χ3v) is 5.42. The van der Waals surface area contributed by atoms with Crippen molar-refractivity contribution in [3.05, 3.63) is 59.6 Å². The molecular weight excluding hydrogens is 392 g/mol. The molecule has 0 aromatic heterocycles. The third kappa shape index (κ3) is 2.65. The van der Waals surface area contributed by atoms with E-state index in [0.717, 1.165) is 17.0 Å².